The van der Waals surface area contributed by atoms with Crippen LogP contribution in [0.4, 0.5) is 15.4 Å². The molecule has 0 N–H and O–H groups in total. The standard InChI is InChI=1S/C31H38N5O7P.C2H6/c1-22(39-21-44(42-23-14-10-8-11-15-23)43-24-16-12-9-13-17-24)18-35-20-34-25-26(35)32-19-33-27(25)36(28(37)40-30(2,3)4)29(38)41-31(5,6)7;1-2/h8-17,19-20,22H,18,21H2,1-7H3;1-2H3. The molecule has 0 radical (unpaired) electrons. The molecule has 0 bridgehead atoms. The number of imidazole rings is 1. The number of benzene rings is 2. The monoisotopic (exact) mass is 653 g/mol. The minimum Gasteiger partial charge on any atom is -0.443 e. The van der Waals surface area contributed by atoms with Crippen molar-refractivity contribution in [3.8, 4) is 11.5 Å². The predicted molar refractivity (Wildman–Crippen MR) is 178 cm³/mol. The first-order chi connectivity index (χ1) is 21.8. The van der Waals surface area contributed by atoms with Crippen LogP contribution in [-0.2, 0) is 20.8 Å². The van der Waals surface area contributed by atoms with Gasteiger partial charge < -0.3 is 27.8 Å². The highest BCUT2D eigenvalue weighted by Gasteiger charge is 2.35. The maximum absolute atomic E-state index is 13.2. The average Bonchev–Trinajstić information content (AvgIpc) is 3.39. The second-order valence-corrected chi connectivity index (χ2v) is 13.1. The normalized spacial score (nSPS) is 12.1. The number of anilines is 1. The summed E-state index contributed by atoms with van der Waals surface area (Å²) in [4.78, 5) is 40.1. The van der Waals surface area contributed by atoms with Crippen LogP contribution in [0.5, 0.6) is 11.5 Å². The third-order valence-electron chi connectivity index (χ3n) is 5.56. The summed E-state index contributed by atoms with van der Waals surface area (Å²) in [5.41, 5.74) is -1.13. The quantitative estimate of drug-likeness (QED) is 0.154. The molecule has 46 heavy (non-hydrogen) atoms. The first-order valence-corrected chi connectivity index (χ1v) is 16.4. The van der Waals surface area contributed by atoms with Crippen LogP contribution in [0, 0.1) is 0 Å². The van der Waals surface area contributed by atoms with Gasteiger partial charge in [0.25, 0.3) is 0 Å². The molecule has 0 fully saturated rings. The maximum atomic E-state index is 13.2. The number of para-hydroxylation sites is 2. The summed E-state index contributed by atoms with van der Waals surface area (Å²) in [6.07, 6.45) is 0.797. The Balaban J connectivity index is 0.00000282. The second-order valence-electron chi connectivity index (χ2n) is 11.8. The van der Waals surface area contributed by atoms with Crippen LogP contribution in [0.15, 0.2) is 73.3 Å². The number of nitrogens with zero attached hydrogens (tertiary/aromatic N) is 5. The summed E-state index contributed by atoms with van der Waals surface area (Å²) in [5.74, 6) is 1.30. The zero-order valence-corrected chi connectivity index (χ0v) is 28.9. The van der Waals surface area contributed by atoms with Gasteiger partial charge in [-0.15, -0.1) is 0 Å². The van der Waals surface area contributed by atoms with Gasteiger partial charge in [-0.3, -0.25) is 0 Å². The molecule has 2 heterocycles. The van der Waals surface area contributed by atoms with E-state index in [4.69, 9.17) is 23.3 Å². The minimum atomic E-state index is -1.48. The van der Waals surface area contributed by atoms with Crippen LogP contribution in [0.1, 0.15) is 62.3 Å². The summed E-state index contributed by atoms with van der Waals surface area (Å²) in [6, 6.07) is 18.8. The number of imide groups is 1. The largest absolute Gasteiger partial charge is 0.443 e. The van der Waals surface area contributed by atoms with E-state index in [9.17, 15) is 9.59 Å². The van der Waals surface area contributed by atoms with E-state index in [1.807, 2.05) is 81.4 Å². The molecule has 12 nitrogen and oxygen atoms in total. The van der Waals surface area contributed by atoms with E-state index in [0.717, 1.165) is 4.90 Å². The Hall–Kier alpha value is -4.28. The number of fused-ring (bicyclic) bond motifs is 1. The van der Waals surface area contributed by atoms with Crippen molar-refractivity contribution in [3.63, 3.8) is 0 Å². The number of carbonyl (C=O) groups is 2. The molecule has 1 unspecified atom stereocenters. The summed E-state index contributed by atoms with van der Waals surface area (Å²) in [6.45, 7) is 16.5. The summed E-state index contributed by atoms with van der Waals surface area (Å²) < 4.78 is 31.1. The molecule has 2 amide bonds. The molecular weight excluding hydrogens is 609 g/mol. The van der Waals surface area contributed by atoms with Crippen molar-refractivity contribution in [1.29, 1.82) is 0 Å². The molecule has 0 aliphatic rings. The summed E-state index contributed by atoms with van der Waals surface area (Å²) in [7, 11) is -1.48. The molecule has 2 aromatic carbocycles. The average molecular weight is 654 g/mol. The molecule has 248 valence electrons. The van der Waals surface area contributed by atoms with Crippen molar-refractivity contribution in [3.05, 3.63) is 73.3 Å². The van der Waals surface area contributed by atoms with Gasteiger partial charge in [0.15, 0.2) is 17.0 Å². The lowest BCUT2D eigenvalue weighted by atomic mass is 10.2. The predicted octanol–water partition coefficient (Wildman–Crippen LogP) is 8.36. The maximum Gasteiger partial charge on any atom is 0.425 e. The van der Waals surface area contributed by atoms with Gasteiger partial charge in [-0.05, 0) is 72.7 Å². The number of hydrogen-bond acceptors (Lipinski definition) is 10. The Morgan fingerprint density at radius 2 is 1.30 bits per heavy atom. The number of rotatable bonds is 10. The van der Waals surface area contributed by atoms with Crippen LogP contribution in [0.3, 0.4) is 0 Å². The van der Waals surface area contributed by atoms with Gasteiger partial charge in [0.1, 0.15) is 35.4 Å². The van der Waals surface area contributed by atoms with Crippen LogP contribution < -0.4 is 13.9 Å². The number of carbonyl (C=O) groups excluding carboxylic acids is 2. The second kappa shape index (κ2) is 16.3. The van der Waals surface area contributed by atoms with E-state index < -0.39 is 31.8 Å². The van der Waals surface area contributed by atoms with Crippen LogP contribution in [0.2, 0.25) is 0 Å². The zero-order chi connectivity index (χ0) is 33.9. The number of amides is 2. The number of ether oxygens (including phenoxy) is 3. The zero-order valence-electron chi connectivity index (χ0n) is 28.0. The van der Waals surface area contributed by atoms with Crippen LogP contribution >= 0.6 is 8.38 Å². The summed E-state index contributed by atoms with van der Waals surface area (Å²) >= 11 is 0. The molecular formula is C33H44N5O7P. The number of aromatic nitrogens is 4. The lowest BCUT2D eigenvalue weighted by Gasteiger charge is -2.28. The Kier molecular flexibility index (Phi) is 12.8. The molecule has 0 spiro atoms. The van der Waals surface area contributed by atoms with Gasteiger partial charge in [0.2, 0.25) is 0 Å². The van der Waals surface area contributed by atoms with Crippen molar-refractivity contribution in [2.45, 2.75) is 86.2 Å². The van der Waals surface area contributed by atoms with Gasteiger partial charge in [-0.2, -0.15) is 4.90 Å². The van der Waals surface area contributed by atoms with Gasteiger partial charge in [0.05, 0.1) is 19.0 Å². The molecule has 0 saturated carbocycles. The van der Waals surface area contributed by atoms with Crippen molar-refractivity contribution < 1.29 is 32.8 Å². The molecule has 0 saturated heterocycles. The van der Waals surface area contributed by atoms with Gasteiger partial charge in [-0.25, -0.2) is 24.5 Å². The SMILES string of the molecule is CC.CC(Cn1cnc2c(N(C(=O)OC(C)(C)C)C(=O)OC(C)(C)C)ncnc21)OCP(Oc1ccccc1)Oc1ccccc1. The summed E-state index contributed by atoms with van der Waals surface area (Å²) in [5, 5.41) is 0. The van der Waals surface area contributed by atoms with Crippen molar-refractivity contribution in [2.75, 3.05) is 11.2 Å². The fourth-order valence-electron chi connectivity index (χ4n) is 3.82. The van der Waals surface area contributed by atoms with Gasteiger partial charge in [-0.1, -0.05) is 50.2 Å². The Bertz CT molecular complexity index is 1470. The van der Waals surface area contributed by atoms with Gasteiger partial charge in [0, 0.05) is 0 Å². The first kappa shape index (κ1) is 36.2. The molecule has 1 atom stereocenters. The van der Waals surface area contributed by atoms with E-state index in [0.29, 0.717) is 23.7 Å². The molecule has 0 aliphatic carbocycles. The highest BCUT2D eigenvalue weighted by atomic mass is 31.2. The van der Waals surface area contributed by atoms with Gasteiger partial charge >= 0.3 is 20.6 Å². The highest BCUT2D eigenvalue weighted by molar-refractivity contribution is 7.47. The minimum absolute atomic E-state index is 0.0538. The third-order valence-corrected chi connectivity index (χ3v) is 6.75. The van der Waals surface area contributed by atoms with E-state index in [1.165, 1.54) is 6.33 Å². The Labute approximate surface area is 271 Å². The van der Waals surface area contributed by atoms with Crippen molar-refractivity contribution in [2.24, 2.45) is 0 Å². The molecule has 4 aromatic rings. The molecule has 13 heteroatoms. The number of hydrogen-bond donors (Lipinski definition) is 0. The van der Waals surface area contributed by atoms with Crippen molar-refractivity contribution >= 4 is 37.5 Å². The van der Waals surface area contributed by atoms with Crippen molar-refractivity contribution in [1.82, 2.24) is 19.5 Å². The van der Waals surface area contributed by atoms with E-state index in [-0.39, 0.29) is 23.8 Å². The van der Waals surface area contributed by atoms with E-state index >= 15 is 0 Å². The lowest BCUT2D eigenvalue weighted by molar-refractivity contribution is 0.0429. The molecule has 2 aromatic heterocycles. The molecule has 4 rings (SSSR count). The fourth-order valence-corrected chi connectivity index (χ4v) is 5.05. The fraction of sp³-hybridized carbons (Fsp3) is 0.424. The van der Waals surface area contributed by atoms with Crippen LogP contribution in [0.25, 0.3) is 11.2 Å². The topological polar surface area (TPSA) is 127 Å². The van der Waals surface area contributed by atoms with E-state index in [1.54, 1.807) is 52.4 Å². The molecule has 0 aliphatic heterocycles. The smallest absolute Gasteiger partial charge is 0.425 e. The van der Waals surface area contributed by atoms with Crippen LogP contribution in [-0.4, -0.2) is 55.4 Å². The Morgan fingerprint density at radius 3 is 1.78 bits per heavy atom. The highest BCUT2D eigenvalue weighted by Crippen LogP contribution is 2.40. The Morgan fingerprint density at radius 1 is 0.804 bits per heavy atom. The third kappa shape index (κ3) is 11.0. The van der Waals surface area contributed by atoms with E-state index in [2.05, 4.69) is 15.0 Å². The first-order valence-electron chi connectivity index (χ1n) is 15.1. The lowest BCUT2D eigenvalue weighted by Crippen LogP contribution is -2.44.